The number of nitrogens with one attached hydrogen (secondary N) is 2. The Morgan fingerprint density at radius 1 is 1.31 bits per heavy atom. The van der Waals surface area contributed by atoms with Gasteiger partial charge in [0.25, 0.3) is 0 Å². The maximum absolute atomic E-state index is 11.6. The number of hydrogen-bond donors (Lipinski definition) is 2. The molecule has 2 N–H and O–H groups in total. The highest BCUT2D eigenvalue weighted by molar-refractivity contribution is 5.78. The number of amides is 1. The van der Waals surface area contributed by atoms with Crippen molar-refractivity contribution in [3.8, 4) is 0 Å². The zero-order chi connectivity index (χ0) is 12.0. The van der Waals surface area contributed by atoms with Gasteiger partial charge in [-0.25, -0.2) is 0 Å². The molecule has 1 atom stereocenters. The molecule has 0 aromatic rings. The van der Waals surface area contributed by atoms with Crippen LogP contribution in [0.2, 0.25) is 0 Å². The Kier molecular flexibility index (Phi) is 5.22. The Labute approximate surface area is 98.1 Å². The quantitative estimate of drug-likeness (QED) is 0.759. The molecule has 0 aromatic carbocycles. The van der Waals surface area contributed by atoms with Crippen molar-refractivity contribution in [2.45, 2.75) is 51.6 Å². The molecule has 1 fully saturated rings. The molecule has 0 radical (unpaired) electrons. The lowest BCUT2D eigenvalue weighted by atomic mass is 10.1. The molecule has 1 aliphatic rings. The van der Waals surface area contributed by atoms with Crippen LogP contribution < -0.4 is 10.6 Å². The first-order valence-electron chi connectivity index (χ1n) is 6.09. The smallest absolute Gasteiger partial charge is 0.234 e. The van der Waals surface area contributed by atoms with Gasteiger partial charge in [0.2, 0.25) is 5.91 Å². The maximum atomic E-state index is 11.6. The minimum atomic E-state index is -0.147. The van der Waals surface area contributed by atoms with Crippen LogP contribution in [0.3, 0.4) is 0 Å². The van der Waals surface area contributed by atoms with Crippen LogP contribution in [0.15, 0.2) is 0 Å². The number of ether oxygens (including phenoxy) is 1. The highest BCUT2D eigenvalue weighted by Crippen LogP contribution is 2.07. The predicted octanol–water partition coefficient (Wildman–Crippen LogP) is 1.06. The van der Waals surface area contributed by atoms with Crippen LogP contribution in [0.1, 0.15) is 40.0 Å². The fourth-order valence-electron chi connectivity index (χ4n) is 1.81. The molecule has 0 saturated carbocycles. The summed E-state index contributed by atoms with van der Waals surface area (Å²) >= 11 is 0. The first-order valence-corrected chi connectivity index (χ1v) is 6.09. The van der Waals surface area contributed by atoms with Crippen molar-refractivity contribution < 1.29 is 9.53 Å². The van der Waals surface area contributed by atoms with E-state index in [0.29, 0.717) is 12.6 Å². The zero-order valence-electron chi connectivity index (χ0n) is 10.6. The molecule has 1 unspecified atom stereocenters. The highest BCUT2D eigenvalue weighted by atomic mass is 16.5. The molecule has 0 spiro atoms. The number of rotatable bonds is 3. The van der Waals surface area contributed by atoms with Gasteiger partial charge in [0.05, 0.1) is 6.54 Å². The van der Waals surface area contributed by atoms with Crippen molar-refractivity contribution in [2.75, 3.05) is 19.8 Å². The Hall–Kier alpha value is -0.610. The molecule has 1 aliphatic heterocycles. The minimum Gasteiger partial charge on any atom is -0.381 e. The monoisotopic (exact) mass is 228 g/mol. The van der Waals surface area contributed by atoms with Crippen LogP contribution in [-0.2, 0) is 9.53 Å². The van der Waals surface area contributed by atoms with E-state index in [9.17, 15) is 4.79 Å². The summed E-state index contributed by atoms with van der Waals surface area (Å²) < 4.78 is 5.37. The topological polar surface area (TPSA) is 50.4 Å². The van der Waals surface area contributed by atoms with Gasteiger partial charge >= 0.3 is 0 Å². The summed E-state index contributed by atoms with van der Waals surface area (Å²) in [7, 11) is 0. The minimum absolute atomic E-state index is 0.0673. The summed E-state index contributed by atoms with van der Waals surface area (Å²) in [5, 5.41) is 6.23. The van der Waals surface area contributed by atoms with E-state index in [1.807, 2.05) is 20.8 Å². The zero-order valence-corrected chi connectivity index (χ0v) is 10.6. The fraction of sp³-hybridized carbons (Fsp3) is 0.917. The van der Waals surface area contributed by atoms with Crippen molar-refractivity contribution >= 4 is 5.91 Å². The van der Waals surface area contributed by atoms with Gasteiger partial charge in [0.15, 0.2) is 0 Å². The third-order valence-electron chi connectivity index (χ3n) is 2.52. The normalized spacial score (nSPS) is 22.6. The van der Waals surface area contributed by atoms with Crippen molar-refractivity contribution in [3.63, 3.8) is 0 Å². The van der Waals surface area contributed by atoms with Gasteiger partial charge in [-0.2, -0.15) is 0 Å². The molecular formula is C12H24N2O2. The summed E-state index contributed by atoms with van der Waals surface area (Å²) in [5.74, 6) is 0.0673. The lowest BCUT2D eigenvalue weighted by Gasteiger charge is -2.22. The van der Waals surface area contributed by atoms with Crippen molar-refractivity contribution in [3.05, 3.63) is 0 Å². The van der Waals surface area contributed by atoms with E-state index in [2.05, 4.69) is 10.6 Å². The van der Waals surface area contributed by atoms with E-state index >= 15 is 0 Å². The van der Waals surface area contributed by atoms with Crippen molar-refractivity contribution in [1.29, 1.82) is 0 Å². The third kappa shape index (κ3) is 6.08. The molecule has 4 nitrogen and oxygen atoms in total. The fourth-order valence-corrected chi connectivity index (χ4v) is 1.81. The average Bonchev–Trinajstić information content (AvgIpc) is 2.39. The Balaban J connectivity index is 2.20. The molecule has 94 valence electrons. The van der Waals surface area contributed by atoms with Gasteiger partial charge in [0, 0.05) is 24.8 Å². The number of hydrogen-bond acceptors (Lipinski definition) is 3. The Bertz CT molecular complexity index is 216. The first-order chi connectivity index (χ1) is 7.47. The third-order valence-corrected chi connectivity index (χ3v) is 2.52. The first kappa shape index (κ1) is 13.5. The van der Waals surface area contributed by atoms with Gasteiger partial charge < -0.3 is 15.4 Å². The largest absolute Gasteiger partial charge is 0.381 e. The lowest BCUT2D eigenvalue weighted by molar-refractivity contribution is -0.121. The van der Waals surface area contributed by atoms with Gasteiger partial charge in [-0.05, 0) is 40.0 Å². The van der Waals surface area contributed by atoms with Crippen LogP contribution in [0, 0.1) is 0 Å². The second kappa shape index (κ2) is 6.21. The number of carbonyl (C=O) groups is 1. The van der Waals surface area contributed by atoms with Crippen molar-refractivity contribution in [2.24, 2.45) is 0 Å². The lowest BCUT2D eigenvalue weighted by Crippen LogP contribution is -2.46. The molecule has 0 bridgehead atoms. The maximum Gasteiger partial charge on any atom is 0.234 e. The molecule has 1 heterocycles. The van der Waals surface area contributed by atoms with Crippen LogP contribution in [-0.4, -0.2) is 37.2 Å². The standard InChI is InChI=1S/C12H24N2O2/c1-12(2,3)14-11(15)9-13-10-5-4-7-16-8-6-10/h10,13H,4-9H2,1-3H3,(H,14,15). The molecule has 0 aromatic heterocycles. The summed E-state index contributed by atoms with van der Waals surface area (Å²) in [6.07, 6.45) is 3.18. The summed E-state index contributed by atoms with van der Waals surface area (Å²) in [5.41, 5.74) is -0.147. The van der Waals surface area contributed by atoms with Gasteiger partial charge in [0.1, 0.15) is 0 Å². The van der Waals surface area contributed by atoms with Gasteiger partial charge in [-0.15, -0.1) is 0 Å². The number of carbonyl (C=O) groups excluding carboxylic acids is 1. The highest BCUT2D eigenvalue weighted by Gasteiger charge is 2.16. The molecule has 1 amide bonds. The van der Waals surface area contributed by atoms with E-state index in [0.717, 1.165) is 32.5 Å². The SMILES string of the molecule is CC(C)(C)NC(=O)CNC1CCCOCC1. The van der Waals surface area contributed by atoms with Gasteiger partial charge in [-0.3, -0.25) is 4.79 Å². The second-order valence-electron chi connectivity index (χ2n) is 5.42. The van der Waals surface area contributed by atoms with E-state index < -0.39 is 0 Å². The van der Waals surface area contributed by atoms with Crippen molar-refractivity contribution in [1.82, 2.24) is 10.6 Å². The van der Waals surface area contributed by atoms with Crippen LogP contribution >= 0.6 is 0 Å². The molecule has 0 aliphatic carbocycles. The van der Waals surface area contributed by atoms with E-state index in [1.165, 1.54) is 0 Å². The Morgan fingerprint density at radius 3 is 2.75 bits per heavy atom. The van der Waals surface area contributed by atoms with Crippen LogP contribution in [0.5, 0.6) is 0 Å². The van der Waals surface area contributed by atoms with Crippen LogP contribution in [0.4, 0.5) is 0 Å². The molecule has 1 saturated heterocycles. The molecule has 4 heteroatoms. The Morgan fingerprint density at radius 2 is 2.06 bits per heavy atom. The molecular weight excluding hydrogens is 204 g/mol. The molecule has 1 rings (SSSR count). The molecule has 16 heavy (non-hydrogen) atoms. The summed E-state index contributed by atoms with van der Waals surface area (Å²) in [6, 6.07) is 0.424. The average molecular weight is 228 g/mol. The van der Waals surface area contributed by atoms with Gasteiger partial charge in [-0.1, -0.05) is 0 Å². The predicted molar refractivity (Wildman–Crippen MR) is 64.4 cm³/mol. The summed E-state index contributed by atoms with van der Waals surface area (Å²) in [6.45, 7) is 8.03. The van der Waals surface area contributed by atoms with E-state index in [1.54, 1.807) is 0 Å². The van der Waals surface area contributed by atoms with E-state index in [4.69, 9.17) is 4.74 Å². The van der Waals surface area contributed by atoms with Crippen LogP contribution in [0.25, 0.3) is 0 Å². The second-order valence-corrected chi connectivity index (χ2v) is 5.42. The summed E-state index contributed by atoms with van der Waals surface area (Å²) in [4.78, 5) is 11.6. The van der Waals surface area contributed by atoms with E-state index in [-0.39, 0.29) is 11.4 Å².